The summed E-state index contributed by atoms with van der Waals surface area (Å²) < 4.78 is 0. The fraction of sp³-hybridized carbons (Fsp3) is 0.571. The van der Waals surface area contributed by atoms with E-state index in [2.05, 4.69) is 0 Å². The summed E-state index contributed by atoms with van der Waals surface area (Å²) in [4.78, 5) is 28.9. The van der Waals surface area contributed by atoms with E-state index in [0.717, 1.165) is 0 Å². The van der Waals surface area contributed by atoms with Crippen molar-refractivity contribution in [1.29, 1.82) is 0 Å². The number of aliphatic hydroxyl groups is 2. The van der Waals surface area contributed by atoms with Gasteiger partial charge in [-0.05, 0) is 6.92 Å². The molecule has 0 bridgehead atoms. The molecule has 0 saturated heterocycles. The molecule has 11 heteroatoms. The Hall–Kier alpha value is 1.97. The van der Waals surface area contributed by atoms with E-state index in [1.807, 2.05) is 0 Å². The number of carboxylic acid groups (broad SMARTS) is 3. The molecule has 0 heterocycles. The number of carbonyl (C=O) groups is 3. The van der Waals surface area contributed by atoms with Crippen LogP contribution in [0.3, 0.4) is 0 Å². The first-order valence-electron chi connectivity index (χ1n) is 3.72. The maximum atomic E-state index is 9.72. The average Bonchev–Trinajstić information content (AvgIpc) is 2.03. The third kappa shape index (κ3) is 26.5. The van der Waals surface area contributed by atoms with Crippen LogP contribution < -0.4 is 110 Å². The first-order valence-corrected chi connectivity index (χ1v) is 3.72. The van der Waals surface area contributed by atoms with Crippen molar-refractivity contribution in [1.82, 2.24) is 0 Å². The zero-order valence-electron chi connectivity index (χ0n) is 13.8. The molecule has 5 N–H and O–H groups in total. The number of aliphatic carboxylic acids is 3. The second kappa shape index (κ2) is 19.0. The Morgan fingerprint density at radius 3 is 1.33 bits per heavy atom. The third-order valence-corrected chi connectivity index (χ3v) is 1.01. The predicted molar refractivity (Wildman–Crippen MR) is 48.5 cm³/mol. The van der Waals surface area contributed by atoms with Crippen LogP contribution in [-0.2, 0) is 14.4 Å². The molecule has 0 rings (SSSR count). The van der Waals surface area contributed by atoms with E-state index in [9.17, 15) is 14.4 Å². The largest absolute Gasteiger partial charge is 1.00 e. The van der Waals surface area contributed by atoms with Crippen LogP contribution in [0.15, 0.2) is 0 Å². The summed E-state index contributed by atoms with van der Waals surface area (Å²) >= 11 is 0. The van der Waals surface area contributed by atoms with Crippen LogP contribution in [0.1, 0.15) is 17.6 Å². The van der Waals surface area contributed by atoms with Crippen molar-refractivity contribution in [2.24, 2.45) is 0 Å². The van der Waals surface area contributed by atoms with Gasteiger partial charge in [-0.15, -0.1) is 0 Å². The van der Waals surface area contributed by atoms with Gasteiger partial charge < -0.3 is 29.8 Å². The molecule has 2 atom stereocenters. The fourth-order valence-corrected chi connectivity index (χ4v) is 0.253. The Labute approximate surface area is 195 Å². The number of rotatable bonds is 4. The van der Waals surface area contributed by atoms with Crippen molar-refractivity contribution in [3.05, 3.63) is 0 Å². The Kier molecular flexibility index (Phi) is 33.8. The second-order valence-electron chi connectivity index (χ2n) is 2.47. The SMILES string of the molecule is CC(O)C(=O)O.O=C(O)CC(O)C(=O)O.[H-].[H-].[H-].[K+].[Na+].[Na+]. The molecule has 94 valence electrons. The van der Waals surface area contributed by atoms with Gasteiger partial charge in [0, 0.05) is 0 Å². The van der Waals surface area contributed by atoms with E-state index < -0.39 is 36.5 Å². The van der Waals surface area contributed by atoms with Crippen molar-refractivity contribution in [2.45, 2.75) is 25.6 Å². The Balaban J connectivity index is -0.0000000217. The van der Waals surface area contributed by atoms with Crippen molar-refractivity contribution in [2.75, 3.05) is 0 Å². The summed E-state index contributed by atoms with van der Waals surface area (Å²) in [5.41, 5.74) is 0. The van der Waals surface area contributed by atoms with E-state index in [4.69, 9.17) is 25.5 Å². The minimum absolute atomic E-state index is 0. The summed E-state index contributed by atoms with van der Waals surface area (Å²) in [6.45, 7) is 1.20. The Bertz CT molecular complexity index is 260. The quantitative estimate of drug-likeness (QED) is 0.321. The van der Waals surface area contributed by atoms with E-state index in [1.54, 1.807) is 0 Å². The van der Waals surface area contributed by atoms with Gasteiger partial charge in [0.15, 0.2) is 6.10 Å². The summed E-state index contributed by atoms with van der Waals surface area (Å²) in [6, 6.07) is 0. The first-order chi connectivity index (χ1) is 6.68. The standard InChI is InChI=1S/C4H6O5.C3H6O3.K.2Na.3H/c5-2(4(8)9)1-3(6)7;1-2(4)3(5)6;;;;;;/h2,5H,1H2,(H,6,7)(H,8,9);2,4H,1H3,(H,5,6);;;;;;/q;;3*+1;3*-1. The number of aliphatic hydroxyl groups excluding tert-OH is 2. The van der Waals surface area contributed by atoms with Gasteiger partial charge in [0.2, 0.25) is 0 Å². The summed E-state index contributed by atoms with van der Waals surface area (Å²) in [5, 5.41) is 39.9. The topological polar surface area (TPSA) is 152 Å². The number of hydrogen-bond acceptors (Lipinski definition) is 5. The number of hydrogen-bond donors (Lipinski definition) is 5. The van der Waals surface area contributed by atoms with Gasteiger partial charge in [0.25, 0.3) is 0 Å². The molecular weight excluding hydrogens is 297 g/mol. The summed E-state index contributed by atoms with van der Waals surface area (Å²) in [7, 11) is 0. The second-order valence-corrected chi connectivity index (χ2v) is 2.47. The molecule has 18 heavy (non-hydrogen) atoms. The molecule has 0 spiro atoms. The van der Waals surface area contributed by atoms with E-state index in [1.165, 1.54) is 6.92 Å². The molecule has 8 nitrogen and oxygen atoms in total. The van der Waals surface area contributed by atoms with Crippen LogP contribution >= 0.6 is 0 Å². The van der Waals surface area contributed by atoms with Crippen LogP contribution in [0.25, 0.3) is 0 Å². The maximum absolute atomic E-state index is 9.72. The minimum atomic E-state index is -1.79. The van der Waals surface area contributed by atoms with Crippen LogP contribution in [0, 0.1) is 0 Å². The van der Waals surface area contributed by atoms with E-state index in [-0.39, 0.29) is 115 Å². The molecule has 0 aliphatic rings. The zero-order chi connectivity index (χ0) is 12.6. The molecular formula is C7H15KNa2O8. The molecule has 0 amide bonds. The van der Waals surface area contributed by atoms with Crippen LogP contribution in [-0.4, -0.2) is 55.6 Å². The van der Waals surface area contributed by atoms with E-state index >= 15 is 0 Å². The maximum Gasteiger partial charge on any atom is 1.00 e. The monoisotopic (exact) mass is 312 g/mol. The van der Waals surface area contributed by atoms with Gasteiger partial charge in [-0.2, -0.15) is 0 Å². The Morgan fingerprint density at radius 2 is 1.28 bits per heavy atom. The van der Waals surface area contributed by atoms with Crippen LogP contribution in [0.4, 0.5) is 0 Å². The first kappa shape index (κ1) is 32.1. The molecule has 0 fully saturated rings. The molecule has 0 aliphatic heterocycles. The Morgan fingerprint density at radius 1 is 1.00 bits per heavy atom. The number of carboxylic acids is 3. The zero-order valence-corrected chi connectivity index (χ0v) is 17.9. The summed E-state index contributed by atoms with van der Waals surface area (Å²) in [6.07, 6.45) is -3.78. The molecule has 0 aromatic heterocycles. The van der Waals surface area contributed by atoms with Crippen molar-refractivity contribution >= 4 is 17.9 Å². The van der Waals surface area contributed by atoms with E-state index in [0.29, 0.717) is 0 Å². The van der Waals surface area contributed by atoms with Gasteiger partial charge in [-0.3, -0.25) is 4.79 Å². The molecule has 0 radical (unpaired) electrons. The normalized spacial score (nSPS) is 10.8. The molecule has 0 aromatic carbocycles. The average molecular weight is 312 g/mol. The molecule has 0 aromatic rings. The predicted octanol–water partition coefficient (Wildman–Crippen LogP) is -10.3. The van der Waals surface area contributed by atoms with Gasteiger partial charge in [-0.25, -0.2) is 9.59 Å². The smallest absolute Gasteiger partial charge is 1.00 e. The minimum Gasteiger partial charge on any atom is -1.00 e. The van der Waals surface area contributed by atoms with Gasteiger partial charge in [0.1, 0.15) is 6.10 Å². The van der Waals surface area contributed by atoms with Crippen molar-refractivity contribution < 1.29 is 155 Å². The van der Waals surface area contributed by atoms with Gasteiger partial charge >= 0.3 is 128 Å². The van der Waals surface area contributed by atoms with Crippen molar-refractivity contribution in [3.8, 4) is 0 Å². The van der Waals surface area contributed by atoms with Crippen LogP contribution in [0.2, 0.25) is 0 Å². The summed E-state index contributed by atoms with van der Waals surface area (Å²) in [5.74, 6) is -4.03. The molecule has 0 saturated carbocycles. The van der Waals surface area contributed by atoms with Crippen LogP contribution in [0.5, 0.6) is 0 Å². The molecule has 2 unspecified atom stereocenters. The fourth-order valence-electron chi connectivity index (χ4n) is 0.253. The third-order valence-electron chi connectivity index (χ3n) is 1.01. The van der Waals surface area contributed by atoms with Gasteiger partial charge in [-0.1, -0.05) is 0 Å². The van der Waals surface area contributed by atoms with Gasteiger partial charge in [0.05, 0.1) is 6.42 Å². The molecule has 0 aliphatic carbocycles. The van der Waals surface area contributed by atoms with Crippen molar-refractivity contribution in [3.63, 3.8) is 0 Å².